The number of likely N-dealkylation sites (tertiary alicyclic amines) is 1. The zero-order valence-corrected chi connectivity index (χ0v) is 16.5. The van der Waals surface area contributed by atoms with E-state index in [2.05, 4.69) is 25.1 Å². The first-order valence-corrected chi connectivity index (χ1v) is 10.0. The molecule has 0 bridgehead atoms. The Morgan fingerprint density at radius 2 is 2.00 bits per heavy atom. The third-order valence-corrected chi connectivity index (χ3v) is 6.01. The van der Waals surface area contributed by atoms with Crippen LogP contribution in [0.1, 0.15) is 55.6 Å². The summed E-state index contributed by atoms with van der Waals surface area (Å²) < 4.78 is 0. The van der Waals surface area contributed by atoms with E-state index in [9.17, 15) is 9.59 Å². The number of carbonyl (C=O) groups excluding carboxylic acids is 2. The third kappa shape index (κ3) is 3.18. The molecule has 9 heteroatoms. The number of hydrogen-bond acceptors (Lipinski definition) is 5. The molecule has 4 rings (SSSR count). The highest BCUT2D eigenvalue weighted by atomic mass is 16.2. The van der Waals surface area contributed by atoms with Gasteiger partial charge in [0.2, 0.25) is 11.8 Å². The molecule has 0 aromatic carbocycles. The van der Waals surface area contributed by atoms with Gasteiger partial charge in [0.25, 0.3) is 0 Å². The van der Waals surface area contributed by atoms with Gasteiger partial charge in [-0.1, -0.05) is 6.92 Å². The van der Waals surface area contributed by atoms with Crippen LogP contribution in [0.3, 0.4) is 0 Å². The summed E-state index contributed by atoms with van der Waals surface area (Å²) in [6.07, 6.45) is 5.40. The van der Waals surface area contributed by atoms with Crippen LogP contribution in [0.25, 0.3) is 0 Å². The molecule has 1 saturated heterocycles. The number of fused-ring (bicyclic) bond motifs is 2. The van der Waals surface area contributed by atoms with E-state index < -0.39 is 5.54 Å². The SMILES string of the molecule is CCC(=O)N1CCc2[nH]cnc2C12CCN(C(=O)CCc1n[nH]c(C)n1)CC2. The standard InChI is InChI=1S/C19H27N7O2/c1-3-16(27)26-9-6-14-18(21-12-20-14)19(26)7-10-25(11-8-19)17(28)5-4-15-22-13(2)23-24-15/h12H,3-11H2,1-2H3,(H,20,21)(H,22,23,24). The summed E-state index contributed by atoms with van der Waals surface area (Å²) in [5, 5.41) is 6.90. The van der Waals surface area contributed by atoms with Gasteiger partial charge in [-0.2, -0.15) is 5.10 Å². The minimum absolute atomic E-state index is 0.115. The summed E-state index contributed by atoms with van der Waals surface area (Å²) in [5.74, 6) is 1.71. The van der Waals surface area contributed by atoms with Crippen molar-refractivity contribution in [3.63, 3.8) is 0 Å². The Morgan fingerprint density at radius 1 is 1.21 bits per heavy atom. The van der Waals surface area contributed by atoms with E-state index in [0.717, 1.165) is 36.5 Å². The highest BCUT2D eigenvalue weighted by Crippen LogP contribution is 2.42. The van der Waals surface area contributed by atoms with E-state index >= 15 is 0 Å². The van der Waals surface area contributed by atoms with Crippen LogP contribution < -0.4 is 0 Å². The van der Waals surface area contributed by atoms with Gasteiger partial charge in [0.1, 0.15) is 5.82 Å². The van der Waals surface area contributed by atoms with Crippen molar-refractivity contribution in [1.82, 2.24) is 34.9 Å². The molecule has 2 aliphatic heterocycles. The topological polar surface area (TPSA) is 111 Å². The molecule has 150 valence electrons. The number of nitrogens with zero attached hydrogens (tertiary/aromatic N) is 5. The predicted molar refractivity (Wildman–Crippen MR) is 101 cm³/mol. The van der Waals surface area contributed by atoms with Gasteiger partial charge in [-0.15, -0.1) is 0 Å². The molecule has 2 amide bonds. The van der Waals surface area contributed by atoms with E-state index in [1.165, 1.54) is 0 Å². The molecule has 0 unspecified atom stereocenters. The van der Waals surface area contributed by atoms with Crippen LogP contribution in [0.2, 0.25) is 0 Å². The van der Waals surface area contributed by atoms with Crippen molar-refractivity contribution in [2.75, 3.05) is 19.6 Å². The molecule has 1 fully saturated rings. The van der Waals surface area contributed by atoms with Gasteiger partial charge in [0.05, 0.1) is 17.6 Å². The number of aryl methyl sites for hydroxylation is 2. The molecule has 0 saturated carbocycles. The maximum absolute atomic E-state index is 12.7. The van der Waals surface area contributed by atoms with E-state index in [4.69, 9.17) is 0 Å². The summed E-state index contributed by atoms with van der Waals surface area (Å²) in [5.41, 5.74) is 1.72. The van der Waals surface area contributed by atoms with E-state index in [-0.39, 0.29) is 11.8 Å². The summed E-state index contributed by atoms with van der Waals surface area (Å²) >= 11 is 0. The van der Waals surface area contributed by atoms with Crippen LogP contribution in [-0.2, 0) is 28.0 Å². The first-order chi connectivity index (χ1) is 13.5. The van der Waals surface area contributed by atoms with Crippen molar-refractivity contribution in [2.24, 2.45) is 0 Å². The van der Waals surface area contributed by atoms with E-state index in [0.29, 0.717) is 44.7 Å². The normalized spacial score (nSPS) is 18.4. The second kappa shape index (κ2) is 7.37. The zero-order valence-electron chi connectivity index (χ0n) is 16.5. The minimum atomic E-state index is -0.391. The molecule has 9 nitrogen and oxygen atoms in total. The molecule has 1 spiro atoms. The maximum Gasteiger partial charge on any atom is 0.223 e. The molecule has 0 atom stereocenters. The lowest BCUT2D eigenvalue weighted by Crippen LogP contribution is -2.58. The second-order valence-electron chi connectivity index (χ2n) is 7.63. The molecule has 2 aromatic heterocycles. The molecule has 2 aliphatic rings. The van der Waals surface area contributed by atoms with Crippen molar-refractivity contribution in [1.29, 1.82) is 0 Å². The number of amides is 2. The van der Waals surface area contributed by atoms with Crippen molar-refractivity contribution in [3.05, 3.63) is 29.4 Å². The molecule has 28 heavy (non-hydrogen) atoms. The first-order valence-electron chi connectivity index (χ1n) is 10.0. The highest BCUT2D eigenvalue weighted by Gasteiger charge is 2.48. The summed E-state index contributed by atoms with van der Waals surface area (Å²) in [6, 6.07) is 0. The summed E-state index contributed by atoms with van der Waals surface area (Å²) in [4.78, 5) is 41.3. The fraction of sp³-hybridized carbons (Fsp3) is 0.632. The smallest absolute Gasteiger partial charge is 0.223 e. The Morgan fingerprint density at radius 3 is 2.68 bits per heavy atom. The predicted octanol–water partition coefficient (Wildman–Crippen LogP) is 1.08. The van der Waals surface area contributed by atoms with Gasteiger partial charge < -0.3 is 14.8 Å². The average molecular weight is 385 g/mol. The molecule has 0 radical (unpaired) electrons. The second-order valence-corrected chi connectivity index (χ2v) is 7.63. The number of nitrogens with one attached hydrogen (secondary N) is 2. The number of piperidine rings is 1. The van der Waals surface area contributed by atoms with Gasteiger partial charge >= 0.3 is 0 Å². The van der Waals surface area contributed by atoms with E-state index in [1.807, 2.05) is 23.6 Å². The number of H-pyrrole nitrogens is 2. The van der Waals surface area contributed by atoms with Crippen LogP contribution >= 0.6 is 0 Å². The molecule has 2 aromatic rings. The van der Waals surface area contributed by atoms with Crippen molar-refractivity contribution in [2.45, 2.75) is 57.9 Å². The summed E-state index contributed by atoms with van der Waals surface area (Å²) in [6.45, 7) is 5.72. The Bertz CT molecular complexity index is 863. The third-order valence-electron chi connectivity index (χ3n) is 6.01. The molecule has 4 heterocycles. The fourth-order valence-corrected chi connectivity index (χ4v) is 4.54. The fourth-order valence-electron chi connectivity index (χ4n) is 4.54. The number of aromatic nitrogens is 5. The molecule has 2 N–H and O–H groups in total. The Hall–Kier alpha value is -2.71. The Kier molecular flexibility index (Phi) is 4.91. The Labute approximate surface area is 163 Å². The number of hydrogen-bond donors (Lipinski definition) is 2. The van der Waals surface area contributed by atoms with Crippen molar-refractivity contribution >= 4 is 11.8 Å². The number of rotatable bonds is 4. The first kappa shape index (κ1) is 18.6. The van der Waals surface area contributed by atoms with Crippen LogP contribution in [-0.4, -0.2) is 66.4 Å². The molecular formula is C19H27N7O2. The Balaban J connectivity index is 1.45. The van der Waals surface area contributed by atoms with Crippen LogP contribution in [0, 0.1) is 6.92 Å². The quantitative estimate of drug-likeness (QED) is 0.818. The minimum Gasteiger partial charge on any atom is -0.348 e. The maximum atomic E-state index is 12.7. The van der Waals surface area contributed by atoms with Crippen LogP contribution in [0.5, 0.6) is 0 Å². The monoisotopic (exact) mass is 385 g/mol. The van der Waals surface area contributed by atoms with Gasteiger partial charge in [-0.05, 0) is 19.8 Å². The van der Waals surface area contributed by atoms with Crippen molar-refractivity contribution < 1.29 is 9.59 Å². The zero-order chi connectivity index (χ0) is 19.7. The lowest BCUT2D eigenvalue weighted by molar-refractivity contribution is -0.144. The van der Waals surface area contributed by atoms with Gasteiger partial charge in [-0.25, -0.2) is 9.97 Å². The highest BCUT2D eigenvalue weighted by molar-refractivity contribution is 5.78. The average Bonchev–Trinajstić information content (AvgIpc) is 3.36. The molecular weight excluding hydrogens is 358 g/mol. The lowest BCUT2D eigenvalue weighted by atomic mass is 9.78. The number of carbonyl (C=O) groups is 2. The number of imidazole rings is 1. The largest absolute Gasteiger partial charge is 0.348 e. The van der Waals surface area contributed by atoms with Gasteiger partial charge in [0, 0.05) is 51.0 Å². The lowest BCUT2D eigenvalue weighted by Gasteiger charge is -2.50. The van der Waals surface area contributed by atoms with Crippen LogP contribution in [0.4, 0.5) is 0 Å². The van der Waals surface area contributed by atoms with Gasteiger partial charge in [-0.3, -0.25) is 14.7 Å². The number of aromatic amines is 2. The molecule has 0 aliphatic carbocycles. The van der Waals surface area contributed by atoms with Crippen LogP contribution in [0.15, 0.2) is 6.33 Å². The van der Waals surface area contributed by atoms with Gasteiger partial charge in [0.15, 0.2) is 5.82 Å². The summed E-state index contributed by atoms with van der Waals surface area (Å²) in [7, 11) is 0. The van der Waals surface area contributed by atoms with E-state index in [1.54, 1.807) is 6.33 Å². The van der Waals surface area contributed by atoms with Crippen molar-refractivity contribution in [3.8, 4) is 0 Å².